The Morgan fingerprint density at radius 3 is 2.79 bits per heavy atom. The molecule has 2 heterocycles. The smallest absolute Gasteiger partial charge is 0.251 e. The molecule has 1 aliphatic carbocycles. The van der Waals surface area contributed by atoms with E-state index in [0.29, 0.717) is 18.2 Å². The van der Waals surface area contributed by atoms with Gasteiger partial charge in [-0.15, -0.1) is 0 Å². The number of hydrogen-bond donors (Lipinski definition) is 3. The van der Waals surface area contributed by atoms with Crippen molar-refractivity contribution in [2.45, 2.75) is 50.7 Å². The van der Waals surface area contributed by atoms with E-state index in [1.165, 1.54) is 38.5 Å². The number of pyridine rings is 1. The summed E-state index contributed by atoms with van der Waals surface area (Å²) in [6, 6.07) is 3.98. The molecular weight excluding hydrogens is 304 g/mol. The molecule has 2 aliphatic rings. The number of piperidine rings is 1. The molecule has 0 aromatic carbocycles. The molecule has 1 atom stereocenters. The molecule has 0 unspecified atom stereocenters. The number of nitrogens with one attached hydrogen (secondary N) is 2. The SMILES string of the molecule is O=C(NC[C@H](O)CN1CCCCC1)c1ccnc(NC2CCC2)c1. The molecule has 1 amide bonds. The van der Waals surface area contributed by atoms with E-state index in [-0.39, 0.29) is 12.5 Å². The number of rotatable bonds is 7. The minimum Gasteiger partial charge on any atom is -0.390 e. The van der Waals surface area contributed by atoms with Crippen LogP contribution in [0.15, 0.2) is 18.3 Å². The number of aliphatic hydroxyl groups excluding tert-OH is 1. The summed E-state index contributed by atoms with van der Waals surface area (Å²) < 4.78 is 0. The van der Waals surface area contributed by atoms with Gasteiger partial charge in [-0.3, -0.25) is 4.79 Å². The van der Waals surface area contributed by atoms with Gasteiger partial charge in [-0.2, -0.15) is 0 Å². The van der Waals surface area contributed by atoms with E-state index in [2.05, 4.69) is 20.5 Å². The van der Waals surface area contributed by atoms with Crippen molar-refractivity contribution < 1.29 is 9.90 Å². The molecule has 2 fully saturated rings. The first kappa shape index (κ1) is 17.2. The van der Waals surface area contributed by atoms with E-state index in [9.17, 15) is 9.90 Å². The van der Waals surface area contributed by atoms with Gasteiger partial charge in [0.15, 0.2) is 0 Å². The summed E-state index contributed by atoms with van der Waals surface area (Å²) in [6.45, 7) is 3.01. The summed E-state index contributed by atoms with van der Waals surface area (Å²) in [5.41, 5.74) is 0.581. The third kappa shape index (κ3) is 4.92. The first-order valence-corrected chi connectivity index (χ1v) is 9.12. The molecule has 1 aromatic heterocycles. The third-order valence-electron chi connectivity index (χ3n) is 4.90. The van der Waals surface area contributed by atoms with Crippen LogP contribution in [-0.4, -0.2) is 59.2 Å². The van der Waals surface area contributed by atoms with Crippen LogP contribution in [0.5, 0.6) is 0 Å². The lowest BCUT2D eigenvalue weighted by atomic mass is 9.93. The number of amides is 1. The first-order valence-electron chi connectivity index (χ1n) is 9.12. The topological polar surface area (TPSA) is 77.5 Å². The van der Waals surface area contributed by atoms with Crippen LogP contribution in [0.2, 0.25) is 0 Å². The quantitative estimate of drug-likeness (QED) is 0.707. The third-order valence-corrected chi connectivity index (χ3v) is 4.90. The predicted octanol–water partition coefficient (Wildman–Crippen LogP) is 1.62. The molecule has 6 nitrogen and oxygen atoms in total. The number of carbonyl (C=O) groups excluding carboxylic acids is 1. The highest BCUT2D eigenvalue weighted by Crippen LogP contribution is 2.22. The summed E-state index contributed by atoms with van der Waals surface area (Å²) in [6.07, 6.45) is 8.40. The Bertz CT molecular complexity index is 542. The summed E-state index contributed by atoms with van der Waals surface area (Å²) in [5.74, 6) is 0.591. The summed E-state index contributed by atoms with van der Waals surface area (Å²) in [7, 11) is 0. The van der Waals surface area contributed by atoms with Gasteiger partial charge in [0.2, 0.25) is 0 Å². The molecule has 132 valence electrons. The van der Waals surface area contributed by atoms with Crippen LogP contribution in [0.3, 0.4) is 0 Å². The van der Waals surface area contributed by atoms with E-state index < -0.39 is 6.10 Å². The highest BCUT2D eigenvalue weighted by Gasteiger charge is 2.18. The molecule has 3 rings (SSSR count). The zero-order valence-electron chi connectivity index (χ0n) is 14.2. The van der Waals surface area contributed by atoms with Crippen molar-refractivity contribution in [1.29, 1.82) is 0 Å². The number of hydrogen-bond acceptors (Lipinski definition) is 5. The van der Waals surface area contributed by atoms with Crippen molar-refractivity contribution in [2.24, 2.45) is 0 Å². The molecular formula is C18H28N4O2. The summed E-state index contributed by atoms with van der Waals surface area (Å²) in [4.78, 5) is 18.8. The monoisotopic (exact) mass is 332 g/mol. The van der Waals surface area contributed by atoms with Crippen LogP contribution in [0.1, 0.15) is 48.9 Å². The maximum Gasteiger partial charge on any atom is 0.251 e. The second-order valence-corrected chi connectivity index (χ2v) is 6.93. The van der Waals surface area contributed by atoms with Crippen LogP contribution in [0.25, 0.3) is 0 Å². The highest BCUT2D eigenvalue weighted by atomic mass is 16.3. The largest absolute Gasteiger partial charge is 0.390 e. The van der Waals surface area contributed by atoms with Gasteiger partial charge in [-0.1, -0.05) is 6.42 Å². The van der Waals surface area contributed by atoms with E-state index in [4.69, 9.17) is 0 Å². The average molecular weight is 332 g/mol. The van der Waals surface area contributed by atoms with Crippen LogP contribution in [0.4, 0.5) is 5.82 Å². The molecule has 1 saturated heterocycles. The number of likely N-dealkylation sites (tertiary alicyclic amines) is 1. The molecule has 0 spiro atoms. The Labute approximate surface area is 143 Å². The molecule has 0 radical (unpaired) electrons. The lowest BCUT2D eigenvalue weighted by molar-refractivity contribution is 0.0831. The Balaban J connectivity index is 1.44. The Kier molecular flexibility index (Phi) is 6.04. The van der Waals surface area contributed by atoms with Gasteiger partial charge in [0.25, 0.3) is 5.91 Å². The number of carbonyl (C=O) groups is 1. The van der Waals surface area contributed by atoms with Crippen LogP contribution >= 0.6 is 0 Å². The second kappa shape index (κ2) is 8.44. The van der Waals surface area contributed by atoms with E-state index >= 15 is 0 Å². The predicted molar refractivity (Wildman–Crippen MR) is 94.1 cm³/mol. The molecule has 24 heavy (non-hydrogen) atoms. The van der Waals surface area contributed by atoms with Crippen molar-refractivity contribution in [1.82, 2.24) is 15.2 Å². The molecule has 0 bridgehead atoms. The average Bonchev–Trinajstić information content (AvgIpc) is 2.57. The molecule has 1 aromatic rings. The van der Waals surface area contributed by atoms with Crippen LogP contribution in [0, 0.1) is 0 Å². The number of anilines is 1. The number of aromatic nitrogens is 1. The Morgan fingerprint density at radius 1 is 1.29 bits per heavy atom. The zero-order chi connectivity index (χ0) is 16.8. The van der Waals surface area contributed by atoms with E-state index in [1.54, 1.807) is 18.3 Å². The summed E-state index contributed by atoms with van der Waals surface area (Å²) in [5, 5.41) is 16.3. The van der Waals surface area contributed by atoms with Crippen molar-refractivity contribution in [3.05, 3.63) is 23.9 Å². The van der Waals surface area contributed by atoms with E-state index in [1.807, 2.05) is 0 Å². The molecule has 1 saturated carbocycles. The lowest BCUT2D eigenvalue weighted by Crippen LogP contribution is -2.42. The maximum atomic E-state index is 12.3. The minimum absolute atomic E-state index is 0.160. The fraction of sp³-hybridized carbons (Fsp3) is 0.667. The van der Waals surface area contributed by atoms with Gasteiger partial charge in [0.1, 0.15) is 5.82 Å². The van der Waals surface area contributed by atoms with Gasteiger partial charge in [-0.05, 0) is 57.3 Å². The van der Waals surface area contributed by atoms with Crippen molar-refractivity contribution in [3.8, 4) is 0 Å². The standard InChI is InChI=1S/C18H28N4O2/c23-16(13-22-9-2-1-3-10-22)12-20-18(24)14-7-8-19-17(11-14)21-15-5-4-6-15/h7-8,11,15-16,23H,1-6,9-10,12-13H2,(H,19,21)(H,20,24)/t16-/m0/s1. The van der Waals surface area contributed by atoms with Crippen LogP contribution < -0.4 is 10.6 Å². The Morgan fingerprint density at radius 2 is 2.08 bits per heavy atom. The molecule has 1 aliphatic heterocycles. The second-order valence-electron chi connectivity index (χ2n) is 6.93. The normalized spacial score (nSPS) is 20.2. The molecule has 3 N–H and O–H groups in total. The van der Waals surface area contributed by atoms with Crippen molar-refractivity contribution >= 4 is 11.7 Å². The van der Waals surface area contributed by atoms with Crippen LogP contribution in [-0.2, 0) is 0 Å². The zero-order valence-corrected chi connectivity index (χ0v) is 14.2. The minimum atomic E-state index is -0.526. The maximum absolute atomic E-state index is 12.3. The van der Waals surface area contributed by atoms with Gasteiger partial charge in [-0.25, -0.2) is 4.98 Å². The van der Waals surface area contributed by atoms with Gasteiger partial charge in [0, 0.05) is 30.9 Å². The molecule has 6 heteroatoms. The fourth-order valence-corrected chi connectivity index (χ4v) is 3.23. The number of aliphatic hydroxyl groups is 1. The van der Waals surface area contributed by atoms with Crippen molar-refractivity contribution in [2.75, 3.05) is 31.5 Å². The van der Waals surface area contributed by atoms with Crippen molar-refractivity contribution in [3.63, 3.8) is 0 Å². The van der Waals surface area contributed by atoms with Gasteiger partial charge >= 0.3 is 0 Å². The lowest BCUT2D eigenvalue weighted by Gasteiger charge is -2.28. The highest BCUT2D eigenvalue weighted by molar-refractivity contribution is 5.94. The van der Waals surface area contributed by atoms with E-state index in [0.717, 1.165) is 18.9 Å². The van der Waals surface area contributed by atoms with Gasteiger partial charge in [0.05, 0.1) is 6.10 Å². The number of nitrogens with zero attached hydrogens (tertiary/aromatic N) is 2. The first-order chi connectivity index (χ1) is 11.7. The fourth-order valence-electron chi connectivity index (χ4n) is 3.23. The van der Waals surface area contributed by atoms with Gasteiger partial charge < -0.3 is 20.6 Å². The summed E-state index contributed by atoms with van der Waals surface area (Å²) >= 11 is 0. The number of β-amino-alcohol motifs (C(OH)–C–C–N with tert-alkyl or cyclic N) is 1. The Hall–Kier alpha value is -1.66.